The van der Waals surface area contributed by atoms with Crippen molar-refractivity contribution < 1.29 is 19.0 Å². The summed E-state index contributed by atoms with van der Waals surface area (Å²) in [6.45, 7) is 3.12. The molecule has 1 aromatic heterocycles. The van der Waals surface area contributed by atoms with Gasteiger partial charge in [-0.3, -0.25) is 9.78 Å². The van der Waals surface area contributed by atoms with E-state index in [1.54, 1.807) is 4.90 Å². The maximum absolute atomic E-state index is 12.3. The molecule has 1 aliphatic rings. The third kappa shape index (κ3) is 4.37. The van der Waals surface area contributed by atoms with Gasteiger partial charge >= 0.3 is 0 Å². The Morgan fingerprint density at radius 3 is 2.88 bits per heavy atom. The SMILES string of the molecule is COc1cncc(O[C@@H]2CCN(C(=O)COc3ccccc3C)C2)n1. The zero-order valence-corrected chi connectivity index (χ0v) is 14.3. The van der Waals surface area contributed by atoms with Crippen molar-refractivity contribution >= 4 is 5.91 Å². The van der Waals surface area contributed by atoms with E-state index in [4.69, 9.17) is 14.2 Å². The van der Waals surface area contributed by atoms with Crippen LogP contribution in [0.2, 0.25) is 0 Å². The lowest BCUT2D eigenvalue weighted by Gasteiger charge is -2.17. The number of carbonyl (C=O) groups excluding carboxylic acids is 1. The average molecular weight is 343 g/mol. The monoisotopic (exact) mass is 343 g/mol. The number of para-hydroxylation sites is 1. The highest BCUT2D eigenvalue weighted by atomic mass is 16.5. The van der Waals surface area contributed by atoms with Gasteiger partial charge in [0.15, 0.2) is 6.61 Å². The summed E-state index contributed by atoms with van der Waals surface area (Å²) in [5, 5.41) is 0. The van der Waals surface area contributed by atoms with Gasteiger partial charge in [-0.25, -0.2) is 0 Å². The molecule has 0 bridgehead atoms. The Morgan fingerprint density at radius 2 is 2.08 bits per heavy atom. The summed E-state index contributed by atoms with van der Waals surface area (Å²) < 4.78 is 16.4. The van der Waals surface area contributed by atoms with Gasteiger partial charge in [-0.15, -0.1) is 0 Å². The van der Waals surface area contributed by atoms with Crippen LogP contribution in [0.4, 0.5) is 0 Å². The summed E-state index contributed by atoms with van der Waals surface area (Å²) in [4.78, 5) is 22.3. The molecule has 1 saturated heterocycles. The maximum atomic E-state index is 12.3. The Balaban J connectivity index is 1.50. The summed E-state index contributed by atoms with van der Waals surface area (Å²) in [6.07, 6.45) is 3.69. The molecule has 2 aromatic rings. The standard InChI is InChI=1S/C18H21N3O4/c1-13-5-3-4-6-15(13)24-12-18(22)21-8-7-14(11-21)25-17-10-19-9-16(20-17)23-2/h3-6,9-10,14H,7-8,11-12H2,1-2H3/t14-/m1/s1. The van der Waals surface area contributed by atoms with Gasteiger partial charge in [0.05, 0.1) is 26.0 Å². The van der Waals surface area contributed by atoms with Crippen molar-refractivity contribution in [2.45, 2.75) is 19.4 Å². The number of ether oxygens (including phenoxy) is 3. The van der Waals surface area contributed by atoms with Crippen LogP contribution in [-0.4, -0.2) is 53.7 Å². The van der Waals surface area contributed by atoms with E-state index in [-0.39, 0.29) is 18.6 Å². The minimum atomic E-state index is -0.108. The van der Waals surface area contributed by atoms with Crippen LogP contribution in [0.25, 0.3) is 0 Å². The van der Waals surface area contributed by atoms with Gasteiger partial charge in [0.2, 0.25) is 11.8 Å². The molecule has 1 amide bonds. The largest absolute Gasteiger partial charge is 0.484 e. The molecule has 0 N–H and O–H groups in total. The van der Waals surface area contributed by atoms with Crippen LogP contribution in [0, 0.1) is 6.92 Å². The minimum absolute atomic E-state index is 0.0243. The molecule has 1 fully saturated rings. The Bertz CT molecular complexity index is 738. The quantitative estimate of drug-likeness (QED) is 0.797. The van der Waals surface area contributed by atoms with E-state index >= 15 is 0 Å². The van der Waals surface area contributed by atoms with Gasteiger partial charge in [0.1, 0.15) is 11.9 Å². The molecule has 0 saturated carbocycles. The number of hydrogen-bond acceptors (Lipinski definition) is 6. The second-order valence-electron chi connectivity index (χ2n) is 5.82. The number of aromatic nitrogens is 2. The minimum Gasteiger partial charge on any atom is -0.484 e. The normalized spacial score (nSPS) is 16.6. The van der Waals surface area contributed by atoms with Gasteiger partial charge in [0, 0.05) is 13.0 Å². The van der Waals surface area contributed by atoms with E-state index in [2.05, 4.69) is 9.97 Å². The van der Waals surface area contributed by atoms with E-state index < -0.39 is 0 Å². The molecule has 132 valence electrons. The Kier molecular flexibility index (Phi) is 5.33. The number of benzene rings is 1. The molecule has 1 aliphatic heterocycles. The zero-order chi connectivity index (χ0) is 17.6. The maximum Gasteiger partial charge on any atom is 0.260 e. The summed E-state index contributed by atoms with van der Waals surface area (Å²) >= 11 is 0. The van der Waals surface area contributed by atoms with Crippen LogP contribution >= 0.6 is 0 Å². The summed E-state index contributed by atoms with van der Waals surface area (Å²) in [5.74, 6) is 1.48. The lowest BCUT2D eigenvalue weighted by Crippen LogP contribution is -2.34. The van der Waals surface area contributed by atoms with Crippen molar-refractivity contribution in [3.05, 3.63) is 42.2 Å². The summed E-state index contributed by atoms with van der Waals surface area (Å²) in [6, 6.07) is 7.64. The third-order valence-corrected chi connectivity index (χ3v) is 4.03. The van der Waals surface area contributed by atoms with E-state index in [0.717, 1.165) is 17.7 Å². The smallest absolute Gasteiger partial charge is 0.260 e. The van der Waals surface area contributed by atoms with Crippen molar-refractivity contribution in [3.63, 3.8) is 0 Å². The van der Waals surface area contributed by atoms with Gasteiger partial charge in [0.25, 0.3) is 5.91 Å². The van der Waals surface area contributed by atoms with E-state index in [1.165, 1.54) is 19.5 Å². The number of hydrogen-bond donors (Lipinski definition) is 0. The van der Waals surface area contributed by atoms with Crippen LogP contribution in [0.5, 0.6) is 17.5 Å². The van der Waals surface area contributed by atoms with Gasteiger partial charge in [-0.2, -0.15) is 4.98 Å². The fraction of sp³-hybridized carbons (Fsp3) is 0.389. The van der Waals surface area contributed by atoms with E-state index in [1.807, 2.05) is 31.2 Å². The second kappa shape index (κ2) is 7.83. The molecule has 1 atom stereocenters. The molecule has 7 nitrogen and oxygen atoms in total. The van der Waals surface area contributed by atoms with Gasteiger partial charge in [-0.05, 0) is 18.6 Å². The van der Waals surface area contributed by atoms with Gasteiger partial charge in [-0.1, -0.05) is 18.2 Å². The highest BCUT2D eigenvalue weighted by Gasteiger charge is 2.28. The van der Waals surface area contributed by atoms with Crippen molar-refractivity contribution in [2.24, 2.45) is 0 Å². The Labute approximate surface area is 146 Å². The zero-order valence-electron chi connectivity index (χ0n) is 14.3. The van der Waals surface area contributed by atoms with Gasteiger partial charge < -0.3 is 19.1 Å². The number of amides is 1. The Morgan fingerprint density at radius 1 is 1.28 bits per heavy atom. The molecule has 7 heteroatoms. The van der Waals surface area contributed by atoms with Crippen LogP contribution < -0.4 is 14.2 Å². The first-order valence-corrected chi connectivity index (χ1v) is 8.14. The topological polar surface area (TPSA) is 73.8 Å². The Hall–Kier alpha value is -2.83. The van der Waals surface area contributed by atoms with Crippen molar-refractivity contribution in [2.75, 3.05) is 26.8 Å². The van der Waals surface area contributed by atoms with Crippen LogP contribution in [0.1, 0.15) is 12.0 Å². The third-order valence-electron chi connectivity index (χ3n) is 4.03. The lowest BCUT2D eigenvalue weighted by atomic mass is 10.2. The first-order chi connectivity index (χ1) is 12.2. The molecule has 1 aromatic carbocycles. The molecule has 25 heavy (non-hydrogen) atoms. The number of likely N-dealkylation sites (tertiary alicyclic amines) is 1. The summed E-state index contributed by atoms with van der Waals surface area (Å²) in [7, 11) is 1.53. The number of rotatable bonds is 6. The molecular weight excluding hydrogens is 322 g/mol. The van der Waals surface area contributed by atoms with Crippen molar-refractivity contribution in [1.82, 2.24) is 14.9 Å². The number of nitrogens with zero attached hydrogens (tertiary/aromatic N) is 3. The second-order valence-corrected chi connectivity index (χ2v) is 5.82. The predicted octanol–water partition coefficient (Wildman–Crippen LogP) is 1.85. The molecule has 2 heterocycles. The lowest BCUT2D eigenvalue weighted by molar-refractivity contribution is -0.132. The fourth-order valence-corrected chi connectivity index (χ4v) is 2.66. The number of methoxy groups -OCH3 is 1. The van der Waals surface area contributed by atoms with Crippen molar-refractivity contribution in [1.29, 1.82) is 0 Å². The average Bonchev–Trinajstić information content (AvgIpc) is 3.09. The van der Waals surface area contributed by atoms with Crippen molar-refractivity contribution in [3.8, 4) is 17.5 Å². The highest BCUT2D eigenvalue weighted by Crippen LogP contribution is 2.19. The highest BCUT2D eigenvalue weighted by molar-refractivity contribution is 5.78. The molecule has 0 aliphatic carbocycles. The number of aryl methyl sites for hydroxylation is 1. The van der Waals surface area contributed by atoms with Crippen LogP contribution in [0.15, 0.2) is 36.7 Å². The van der Waals surface area contributed by atoms with E-state index in [9.17, 15) is 4.79 Å². The number of carbonyl (C=O) groups is 1. The molecular formula is C18H21N3O4. The first-order valence-electron chi connectivity index (χ1n) is 8.14. The molecule has 0 unspecified atom stereocenters. The van der Waals surface area contributed by atoms with Crippen LogP contribution in [0.3, 0.4) is 0 Å². The first kappa shape index (κ1) is 17.0. The predicted molar refractivity (Wildman–Crippen MR) is 90.9 cm³/mol. The fourth-order valence-electron chi connectivity index (χ4n) is 2.66. The van der Waals surface area contributed by atoms with Crippen LogP contribution in [-0.2, 0) is 4.79 Å². The molecule has 0 radical (unpaired) electrons. The summed E-state index contributed by atoms with van der Waals surface area (Å²) in [5.41, 5.74) is 1.01. The van der Waals surface area contributed by atoms with E-state index in [0.29, 0.717) is 24.8 Å². The molecule has 0 spiro atoms. The molecule has 3 rings (SSSR count).